The van der Waals surface area contributed by atoms with Crippen LogP contribution in [0.1, 0.15) is 42.1 Å². The summed E-state index contributed by atoms with van der Waals surface area (Å²) in [6.07, 6.45) is 4.27. The van der Waals surface area contributed by atoms with Gasteiger partial charge in [0.2, 0.25) is 5.88 Å². The molecule has 1 aromatic heterocycles. The van der Waals surface area contributed by atoms with Gasteiger partial charge in [0.1, 0.15) is 0 Å². The quantitative estimate of drug-likeness (QED) is 0.847. The molecule has 0 saturated carbocycles. The molecule has 1 N–H and O–H groups in total. The Morgan fingerprint density at radius 1 is 1.21 bits per heavy atom. The predicted octanol–water partition coefficient (Wildman–Crippen LogP) is 2.75. The molecule has 1 aromatic carbocycles. The lowest BCUT2D eigenvalue weighted by Gasteiger charge is -2.35. The topological polar surface area (TPSA) is 58.5 Å². The van der Waals surface area contributed by atoms with Crippen molar-refractivity contribution >= 4 is 0 Å². The molecule has 0 saturated heterocycles. The Hall–Kier alpha value is -1.98. The van der Waals surface area contributed by atoms with E-state index in [-0.39, 0.29) is 6.61 Å². The van der Waals surface area contributed by atoms with Crippen LogP contribution in [-0.2, 0) is 13.0 Å². The fraction of sp³-hybridized carbons (Fsp3) is 0.474. The average Bonchev–Trinajstić information content (AvgIpc) is 2.65. The van der Waals surface area contributed by atoms with Crippen LogP contribution in [0.4, 0.5) is 0 Å². The van der Waals surface area contributed by atoms with Gasteiger partial charge in [-0.25, -0.2) is 0 Å². The Morgan fingerprint density at radius 2 is 2.08 bits per heavy atom. The van der Waals surface area contributed by atoms with Gasteiger partial charge in [-0.2, -0.15) is 5.10 Å². The van der Waals surface area contributed by atoms with Crippen molar-refractivity contribution in [1.29, 1.82) is 0 Å². The third-order valence-corrected chi connectivity index (χ3v) is 4.65. The van der Waals surface area contributed by atoms with Gasteiger partial charge in [-0.15, -0.1) is 5.10 Å². The van der Waals surface area contributed by atoms with E-state index in [1.54, 1.807) is 7.11 Å². The van der Waals surface area contributed by atoms with E-state index in [2.05, 4.69) is 39.4 Å². The molecular weight excluding hydrogens is 302 g/mol. The molecule has 0 amide bonds. The number of aliphatic hydroxyl groups excluding tert-OH is 1. The van der Waals surface area contributed by atoms with Crippen molar-refractivity contribution in [2.24, 2.45) is 0 Å². The largest absolute Gasteiger partial charge is 0.480 e. The number of aryl methyl sites for hydroxylation is 1. The lowest BCUT2D eigenvalue weighted by atomic mass is 9.86. The number of fused-ring (bicyclic) bond motifs is 1. The molecule has 5 nitrogen and oxygen atoms in total. The summed E-state index contributed by atoms with van der Waals surface area (Å²) in [4.78, 5) is 2.42. The highest BCUT2D eigenvalue weighted by molar-refractivity contribution is 5.32. The monoisotopic (exact) mass is 327 g/mol. The second kappa shape index (κ2) is 8.22. The smallest absolute Gasteiger partial charge is 0.233 e. The van der Waals surface area contributed by atoms with Crippen LogP contribution in [0, 0.1) is 0 Å². The first-order valence-corrected chi connectivity index (χ1v) is 8.61. The molecule has 1 atom stereocenters. The number of aliphatic hydroxyl groups is 1. The van der Waals surface area contributed by atoms with Gasteiger partial charge in [-0.05, 0) is 42.9 Å². The number of aromatic nitrogens is 2. The summed E-state index contributed by atoms with van der Waals surface area (Å²) in [5.41, 5.74) is 3.79. The fourth-order valence-corrected chi connectivity index (χ4v) is 3.48. The third kappa shape index (κ3) is 3.91. The summed E-state index contributed by atoms with van der Waals surface area (Å²) >= 11 is 0. The summed E-state index contributed by atoms with van der Waals surface area (Å²) < 4.78 is 5.08. The van der Waals surface area contributed by atoms with E-state index in [1.807, 2.05) is 12.1 Å². The Morgan fingerprint density at radius 3 is 2.83 bits per heavy atom. The van der Waals surface area contributed by atoms with Gasteiger partial charge < -0.3 is 9.84 Å². The molecule has 1 aliphatic carbocycles. The summed E-state index contributed by atoms with van der Waals surface area (Å²) in [6.45, 7) is 1.79. The van der Waals surface area contributed by atoms with Crippen LogP contribution in [0.15, 0.2) is 36.4 Å². The number of hydrogen-bond acceptors (Lipinski definition) is 5. The van der Waals surface area contributed by atoms with E-state index in [4.69, 9.17) is 4.74 Å². The molecule has 0 radical (unpaired) electrons. The fourth-order valence-electron chi connectivity index (χ4n) is 3.48. The molecule has 0 bridgehead atoms. The number of methoxy groups -OCH3 is 1. The molecule has 2 aromatic rings. The maximum absolute atomic E-state index is 9.27. The predicted molar refractivity (Wildman–Crippen MR) is 92.8 cm³/mol. The molecule has 1 aliphatic rings. The molecule has 128 valence electrons. The third-order valence-electron chi connectivity index (χ3n) is 4.65. The van der Waals surface area contributed by atoms with Crippen LogP contribution >= 0.6 is 0 Å². The molecule has 5 heteroatoms. The molecule has 1 unspecified atom stereocenters. The maximum atomic E-state index is 9.27. The van der Waals surface area contributed by atoms with Crippen LogP contribution in [0.3, 0.4) is 0 Å². The van der Waals surface area contributed by atoms with Gasteiger partial charge in [-0.1, -0.05) is 24.3 Å². The maximum Gasteiger partial charge on any atom is 0.233 e. The molecule has 0 spiro atoms. The van der Waals surface area contributed by atoms with Crippen LogP contribution in [0.5, 0.6) is 5.88 Å². The zero-order valence-electron chi connectivity index (χ0n) is 14.2. The number of benzene rings is 1. The van der Waals surface area contributed by atoms with E-state index in [0.717, 1.165) is 38.0 Å². The molecule has 0 fully saturated rings. The molecule has 3 rings (SSSR count). The Kier molecular flexibility index (Phi) is 5.77. The first-order chi connectivity index (χ1) is 11.8. The van der Waals surface area contributed by atoms with Crippen molar-refractivity contribution in [3.05, 3.63) is 53.2 Å². The van der Waals surface area contributed by atoms with Crippen LogP contribution in [0.2, 0.25) is 0 Å². The summed E-state index contributed by atoms with van der Waals surface area (Å²) in [5, 5.41) is 17.6. The van der Waals surface area contributed by atoms with Crippen molar-refractivity contribution in [2.45, 2.75) is 38.3 Å². The van der Waals surface area contributed by atoms with Crippen molar-refractivity contribution in [3.8, 4) is 5.88 Å². The van der Waals surface area contributed by atoms with Gasteiger partial charge in [0.15, 0.2) is 0 Å². The highest BCUT2D eigenvalue weighted by atomic mass is 16.5. The van der Waals surface area contributed by atoms with E-state index < -0.39 is 0 Å². The molecule has 0 aliphatic heterocycles. The highest BCUT2D eigenvalue weighted by Crippen LogP contribution is 2.35. The number of ether oxygens (including phenoxy) is 1. The van der Waals surface area contributed by atoms with Gasteiger partial charge in [-0.3, -0.25) is 4.90 Å². The molecule has 1 heterocycles. The van der Waals surface area contributed by atoms with Crippen molar-refractivity contribution < 1.29 is 9.84 Å². The molecule has 24 heavy (non-hydrogen) atoms. The minimum atomic E-state index is 0.207. The second-order valence-electron chi connectivity index (χ2n) is 6.22. The number of hydrogen-bond donors (Lipinski definition) is 1. The summed E-state index contributed by atoms with van der Waals surface area (Å²) in [5.74, 6) is 0.531. The first-order valence-electron chi connectivity index (χ1n) is 8.61. The van der Waals surface area contributed by atoms with Crippen LogP contribution in [-0.4, -0.2) is 40.5 Å². The number of rotatable bonds is 7. The van der Waals surface area contributed by atoms with Crippen molar-refractivity contribution in [2.75, 3.05) is 20.3 Å². The minimum absolute atomic E-state index is 0.207. The second-order valence-corrected chi connectivity index (χ2v) is 6.22. The zero-order valence-corrected chi connectivity index (χ0v) is 14.2. The molecular formula is C19H25N3O2. The highest BCUT2D eigenvalue weighted by Gasteiger charge is 2.25. The van der Waals surface area contributed by atoms with Gasteiger partial charge >= 0.3 is 0 Å². The summed E-state index contributed by atoms with van der Waals surface area (Å²) in [6, 6.07) is 12.9. The number of nitrogens with zero attached hydrogens (tertiary/aromatic N) is 3. The van der Waals surface area contributed by atoms with E-state index in [9.17, 15) is 5.11 Å². The lowest BCUT2D eigenvalue weighted by Crippen LogP contribution is -2.32. The summed E-state index contributed by atoms with van der Waals surface area (Å²) in [7, 11) is 1.59. The van der Waals surface area contributed by atoms with Gasteiger partial charge in [0.05, 0.1) is 12.8 Å². The Bertz CT molecular complexity index is 645. The van der Waals surface area contributed by atoms with Gasteiger partial charge in [0, 0.05) is 31.8 Å². The average molecular weight is 327 g/mol. The van der Waals surface area contributed by atoms with Crippen molar-refractivity contribution in [1.82, 2.24) is 15.1 Å². The lowest BCUT2D eigenvalue weighted by molar-refractivity contribution is 0.150. The Balaban J connectivity index is 1.81. The van der Waals surface area contributed by atoms with E-state index >= 15 is 0 Å². The first kappa shape index (κ1) is 16.9. The van der Waals surface area contributed by atoms with E-state index in [1.165, 1.54) is 17.5 Å². The van der Waals surface area contributed by atoms with Crippen LogP contribution < -0.4 is 4.74 Å². The standard InChI is InChI=1S/C19H25N3O2/c1-24-19-11-10-16(20-21-19)14-22(12-5-13-23)18-9-4-7-15-6-2-3-8-17(15)18/h2-3,6,8,10-11,18,23H,4-5,7,9,12-14H2,1H3. The Labute approximate surface area is 143 Å². The zero-order chi connectivity index (χ0) is 16.8. The minimum Gasteiger partial charge on any atom is -0.480 e. The van der Waals surface area contributed by atoms with Gasteiger partial charge in [0.25, 0.3) is 0 Å². The van der Waals surface area contributed by atoms with E-state index in [0.29, 0.717) is 11.9 Å². The van der Waals surface area contributed by atoms with Crippen molar-refractivity contribution in [3.63, 3.8) is 0 Å². The normalized spacial score (nSPS) is 16.9. The SMILES string of the molecule is COc1ccc(CN(CCCO)C2CCCc3ccccc32)nn1. The van der Waals surface area contributed by atoms with Crippen LogP contribution in [0.25, 0.3) is 0 Å².